The molecule has 0 heterocycles. The summed E-state index contributed by atoms with van der Waals surface area (Å²) in [5, 5.41) is 12.3. The highest BCUT2D eigenvalue weighted by molar-refractivity contribution is 6.32. The molecule has 1 aliphatic rings. The number of amides is 1. The maximum Gasteiger partial charge on any atom is 0.391 e. The van der Waals surface area contributed by atoms with Crippen molar-refractivity contribution in [2.75, 3.05) is 14.2 Å². The second kappa shape index (κ2) is 9.69. The van der Waals surface area contributed by atoms with Gasteiger partial charge in [-0.15, -0.1) is 0 Å². The van der Waals surface area contributed by atoms with Gasteiger partial charge in [0.15, 0.2) is 11.6 Å². The van der Waals surface area contributed by atoms with Crippen LogP contribution in [0.15, 0.2) is 30.3 Å². The molecule has 0 bridgehead atoms. The highest BCUT2D eigenvalue weighted by Crippen LogP contribution is 2.42. The van der Waals surface area contributed by atoms with E-state index in [9.17, 15) is 32.3 Å². The van der Waals surface area contributed by atoms with Crippen molar-refractivity contribution in [2.24, 2.45) is 5.92 Å². The lowest BCUT2D eigenvalue weighted by molar-refractivity contribution is -0.187. The summed E-state index contributed by atoms with van der Waals surface area (Å²) in [6.45, 7) is 0. The zero-order valence-electron chi connectivity index (χ0n) is 18.3. The van der Waals surface area contributed by atoms with Crippen LogP contribution >= 0.6 is 11.6 Å². The normalized spacial score (nSPS) is 20.5. The standard InChI is InChI=1S/C23H22ClF4NO5/c1-33-18-4-3-12(10-16(18)24)15-9-13(11-17(25)19(15)34-2)20(30)29-22(21(31)32)7-5-14(6-8-22)23(26,27)28/h3-4,9-11,14H,5-8H2,1-2H3,(H,29,30)(H,31,32)/t14-,22+. The van der Waals surface area contributed by atoms with E-state index in [1.54, 1.807) is 12.1 Å². The van der Waals surface area contributed by atoms with Gasteiger partial charge in [0, 0.05) is 11.1 Å². The second-order valence-electron chi connectivity index (χ2n) is 8.05. The maximum absolute atomic E-state index is 14.8. The molecule has 11 heteroatoms. The average molecular weight is 504 g/mol. The van der Waals surface area contributed by atoms with Crippen molar-refractivity contribution >= 4 is 23.5 Å². The second-order valence-corrected chi connectivity index (χ2v) is 8.45. The van der Waals surface area contributed by atoms with Crippen molar-refractivity contribution in [3.05, 3.63) is 46.7 Å². The molecule has 0 saturated heterocycles. The van der Waals surface area contributed by atoms with Crippen LogP contribution in [0.25, 0.3) is 11.1 Å². The number of aliphatic carboxylic acids is 1. The van der Waals surface area contributed by atoms with E-state index in [0.29, 0.717) is 11.3 Å². The molecule has 34 heavy (non-hydrogen) atoms. The van der Waals surface area contributed by atoms with Gasteiger partial charge < -0.3 is 19.9 Å². The van der Waals surface area contributed by atoms with Crippen LogP contribution in [0.2, 0.25) is 5.02 Å². The summed E-state index contributed by atoms with van der Waals surface area (Å²) < 4.78 is 64.1. The molecular formula is C23H22ClF4NO5. The Hall–Kier alpha value is -3.01. The van der Waals surface area contributed by atoms with Crippen molar-refractivity contribution in [3.8, 4) is 22.6 Å². The summed E-state index contributed by atoms with van der Waals surface area (Å²) >= 11 is 6.16. The number of benzene rings is 2. The van der Waals surface area contributed by atoms with Crippen LogP contribution in [0, 0.1) is 11.7 Å². The van der Waals surface area contributed by atoms with Crippen molar-refractivity contribution in [1.82, 2.24) is 5.32 Å². The summed E-state index contributed by atoms with van der Waals surface area (Å²) in [6.07, 6.45) is -6.14. The summed E-state index contributed by atoms with van der Waals surface area (Å²) in [5.41, 5.74) is -1.55. The van der Waals surface area contributed by atoms with Gasteiger partial charge in [0.1, 0.15) is 11.3 Å². The lowest BCUT2D eigenvalue weighted by Crippen LogP contribution is -2.57. The maximum atomic E-state index is 14.8. The third-order valence-electron chi connectivity index (χ3n) is 6.04. The van der Waals surface area contributed by atoms with Crippen LogP contribution in [0.1, 0.15) is 36.0 Å². The highest BCUT2D eigenvalue weighted by Gasteiger charge is 2.49. The Morgan fingerprint density at radius 1 is 1.12 bits per heavy atom. The number of carbonyl (C=O) groups is 2. The largest absolute Gasteiger partial charge is 0.495 e. The first-order valence-electron chi connectivity index (χ1n) is 10.3. The third-order valence-corrected chi connectivity index (χ3v) is 6.33. The fourth-order valence-electron chi connectivity index (χ4n) is 4.10. The van der Waals surface area contributed by atoms with E-state index >= 15 is 0 Å². The molecule has 2 N–H and O–H groups in total. The quantitative estimate of drug-likeness (QED) is 0.511. The third kappa shape index (κ3) is 5.06. The van der Waals surface area contributed by atoms with Crippen molar-refractivity contribution in [3.63, 3.8) is 0 Å². The number of nitrogens with one attached hydrogen (secondary N) is 1. The summed E-state index contributed by atoms with van der Waals surface area (Å²) in [7, 11) is 2.66. The van der Waals surface area contributed by atoms with E-state index in [-0.39, 0.29) is 21.9 Å². The van der Waals surface area contributed by atoms with Gasteiger partial charge >= 0.3 is 12.1 Å². The van der Waals surface area contributed by atoms with Crippen LogP contribution in [0.3, 0.4) is 0 Å². The van der Waals surface area contributed by atoms with Gasteiger partial charge in [-0.3, -0.25) is 4.79 Å². The molecule has 1 saturated carbocycles. The van der Waals surface area contributed by atoms with Gasteiger partial charge in [-0.1, -0.05) is 17.7 Å². The number of halogens is 5. The fraction of sp³-hybridized carbons (Fsp3) is 0.391. The molecule has 6 nitrogen and oxygen atoms in total. The van der Waals surface area contributed by atoms with E-state index in [4.69, 9.17) is 21.1 Å². The average Bonchev–Trinajstić information content (AvgIpc) is 2.78. The van der Waals surface area contributed by atoms with E-state index in [1.165, 1.54) is 26.4 Å². The van der Waals surface area contributed by atoms with E-state index in [1.807, 2.05) is 0 Å². The number of carboxylic acid groups (broad SMARTS) is 1. The SMILES string of the molecule is COc1ccc(-c2cc(C(=O)N[C@]3(C(=O)O)CC[C@H](C(F)(F)F)CC3)cc(F)c2OC)cc1Cl. The van der Waals surface area contributed by atoms with Crippen LogP contribution in [0.4, 0.5) is 17.6 Å². The number of alkyl halides is 3. The molecule has 2 aromatic rings. The molecule has 0 aliphatic heterocycles. The number of carbonyl (C=O) groups excluding carboxylic acids is 1. The van der Waals surface area contributed by atoms with Crippen LogP contribution in [0.5, 0.6) is 11.5 Å². The molecule has 1 fully saturated rings. The highest BCUT2D eigenvalue weighted by atomic mass is 35.5. The predicted octanol–water partition coefficient (Wildman–Crippen LogP) is 5.47. The fourth-order valence-corrected chi connectivity index (χ4v) is 4.36. The zero-order chi connectivity index (χ0) is 25.3. The Labute approximate surface area is 197 Å². The molecule has 0 aromatic heterocycles. The zero-order valence-corrected chi connectivity index (χ0v) is 19.0. The number of hydrogen-bond acceptors (Lipinski definition) is 4. The first-order valence-corrected chi connectivity index (χ1v) is 10.6. The molecule has 3 rings (SSSR count). The Balaban J connectivity index is 1.94. The number of rotatable bonds is 6. The number of carboxylic acids is 1. The molecule has 0 unspecified atom stereocenters. The van der Waals surface area contributed by atoms with Crippen LogP contribution in [-0.2, 0) is 4.79 Å². The minimum absolute atomic E-state index is 0.169. The van der Waals surface area contributed by atoms with E-state index < -0.39 is 61.0 Å². The predicted molar refractivity (Wildman–Crippen MR) is 116 cm³/mol. The first kappa shape index (κ1) is 25.6. The number of methoxy groups -OCH3 is 2. The van der Waals surface area contributed by atoms with Crippen LogP contribution in [-0.4, -0.2) is 42.9 Å². The van der Waals surface area contributed by atoms with Gasteiger partial charge in [0.25, 0.3) is 5.91 Å². The molecule has 0 atom stereocenters. The van der Waals surface area contributed by atoms with Crippen LogP contribution < -0.4 is 14.8 Å². The van der Waals surface area contributed by atoms with Gasteiger partial charge in [0.05, 0.1) is 25.2 Å². The van der Waals surface area contributed by atoms with Gasteiger partial charge in [-0.05, 0) is 55.5 Å². The van der Waals surface area contributed by atoms with Gasteiger partial charge in [0.2, 0.25) is 0 Å². The Morgan fingerprint density at radius 3 is 2.26 bits per heavy atom. The van der Waals surface area contributed by atoms with Gasteiger partial charge in [-0.2, -0.15) is 13.2 Å². The molecule has 2 aromatic carbocycles. The number of ether oxygens (including phenoxy) is 2. The Kier molecular flexibility index (Phi) is 7.30. The monoisotopic (exact) mass is 503 g/mol. The first-order chi connectivity index (χ1) is 15.9. The Bertz CT molecular complexity index is 1100. The molecule has 1 amide bonds. The van der Waals surface area contributed by atoms with Crippen molar-refractivity contribution in [2.45, 2.75) is 37.4 Å². The Morgan fingerprint density at radius 2 is 1.76 bits per heavy atom. The minimum Gasteiger partial charge on any atom is -0.495 e. The van der Waals surface area contributed by atoms with Crippen molar-refractivity contribution in [1.29, 1.82) is 0 Å². The lowest BCUT2D eigenvalue weighted by atomic mass is 9.76. The summed E-state index contributed by atoms with van der Waals surface area (Å²) in [4.78, 5) is 24.9. The summed E-state index contributed by atoms with van der Waals surface area (Å²) in [6, 6.07) is 6.77. The minimum atomic E-state index is -4.44. The number of hydrogen-bond donors (Lipinski definition) is 2. The molecule has 0 radical (unpaired) electrons. The molecule has 1 aliphatic carbocycles. The smallest absolute Gasteiger partial charge is 0.391 e. The van der Waals surface area contributed by atoms with Crippen molar-refractivity contribution < 1.29 is 41.7 Å². The molecule has 184 valence electrons. The molecule has 0 spiro atoms. The van der Waals surface area contributed by atoms with E-state index in [2.05, 4.69) is 5.32 Å². The van der Waals surface area contributed by atoms with E-state index in [0.717, 1.165) is 6.07 Å². The molecular weight excluding hydrogens is 482 g/mol. The summed E-state index contributed by atoms with van der Waals surface area (Å²) in [5.74, 6) is -4.70. The van der Waals surface area contributed by atoms with Gasteiger partial charge in [-0.25, -0.2) is 9.18 Å². The lowest BCUT2D eigenvalue weighted by Gasteiger charge is -2.38. The topological polar surface area (TPSA) is 84.9 Å².